The van der Waals surface area contributed by atoms with Crippen LogP contribution >= 0.6 is 0 Å². The minimum absolute atomic E-state index is 0.860. The Morgan fingerprint density at radius 1 is 0.800 bits per heavy atom. The van der Waals surface area contributed by atoms with Crippen LogP contribution in [0.5, 0.6) is 0 Å². The van der Waals surface area contributed by atoms with Crippen LogP contribution in [0.2, 0.25) is 0 Å². The molecule has 0 aromatic carbocycles. The van der Waals surface area contributed by atoms with E-state index in [1.54, 1.807) is 0 Å². The van der Waals surface area contributed by atoms with Gasteiger partial charge in [-0.1, -0.05) is 47.5 Å². The Kier molecular flexibility index (Phi) is 4.76. The first-order chi connectivity index (χ1) is 4.54. The zero-order chi connectivity index (χ0) is 8.15. The summed E-state index contributed by atoms with van der Waals surface area (Å²) >= 11 is 0. The van der Waals surface area contributed by atoms with Gasteiger partial charge in [-0.15, -0.1) is 0 Å². The van der Waals surface area contributed by atoms with Crippen LogP contribution in [0, 0.1) is 17.8 Å². The molecule has 0 aliphatic heterocycles. The highest BCUT2D eigenvalue weighted by Crippen LogP contribution is 2.18. The largest absolute Gasteiger partial charge is 0.0628 e. The van der Waals surface area contributed by atoms with Crippen molar-refractivity contribution in [2.24, 2.45) is 17.8 Å². The van der Waals surface area contributed by atoms with Crippen molar-refractivity contribution in [1.29, 1.82) is 0 Å². The monoisotopic (exact) mass is 142 g/mol. The van der Waals surface area contributed by atoms with Crippen molar-refractivity contribution in [1.82, 2.24) is 0 Å². The number of hydrogen-bond donors (Lipinski definition) is 0. The smallest absolute Gasteiger partial charge is 0.0420 e. The summed E-state index contributed by atoms with van der Waals surface area (Å²) in [6.45, 7) is 11.6. The maximum atomic E-state index is 2.35. The fraction of sp³-hybridized carbons (Fsp3) is 1.00. The second-order valence-corrected chi connectivity index (χ2v) is 4.19. The summed E-state index contributed by atoms with van der Waals surface area (Å²) in [6.07, 6.45) is 2.79. The van der Waals surface area contributed by atoms with Crippen LogP contribution < -0.4 is 0 Å². The van der Waals surface area contributed by atoms with Crippen molar-refractivity contribution >= 4 is 0 Å². The molecule has 0 radical (unpaired) electrons. The summed E-state index contributed by atoms with van der Waals surface area (Å²) in [4.78, 5) is 0. The molecule has 1 atom stereocenters. The van der Waals surface area contributed by atoms with Gasteiger partial charge >= 0.3 is 0 Å². The molecule has 0 aromatic rings. The summed E-state index contributed by atoms with van der Waals surface area (Å²) in [5, 5.41) is 0. The van der Waals surface area contributed by atoms with E-state index in [2.05, 4.69) is 34.6 Å². The van der Waals surface area contributed by atoms with Gasteiger partial charge in [0, 0.05) is 0 Å². The molecule has 0 spiro atoms. The second kappa shape index (κ2) is 4.76. The Hall–Kier alpha value is 0. The molecule has 0 rings (SSSR count). The summed E-state index contributed by atoms with van der Waals surface area (Å²) in [5.74, 6) is 2.64. The highest BCUT2D eigenvalue weighted by Gasteiger charge is 2.06. The van der Waals surface area contributed by atoms with Gasteiger partial charge in [0.1, 0.15) is 0 Å². The van der Waals surface area contributed by atoms with Crippen LogP contribution in [-0.4, -0.2) is 0 Å². The van der Waals surface area contributed by atoms with Gasteiger partial charge in [-0.2, -0.15) is 0 Å². The van der Waals surface area contributed by atoms with E-state index >= 15 is 0 Å². The van der Waals surface area contributed by atoms with Crippen LogP contribution in [-0.2, 0) is 0 Å². The van der Waals surface area contributed by atoms with E-state index in [0.29, 0.717) is 0 Å². The summed E-state index contributed by atoms with van der Waals surface area (Å²) in [6, 6.07) is 0. The van der Waals surface area contributed by atoms with Gasteiger partial charge in [-0.05, 0) is 17.8 Å². The van der Waals surface area contributed by atoms with Gasteiger partial charge in [0.15, 0.2) is 0 Å². The fourth-order valence-electron chi connectivity index (χ4n) is 0.930. The minimum Gasteiger partial charge on any atom is -0.0628 e. The van der Waals surface area contributed by atoms with E-state index in [1.807, 2.05) is 0 Å². The molecule has 0 nitrogen and oxygen atoms in total. The first-order valence-electron chi connectivity index (χ1n) is 4.54. The van der Waals surface area contributed by atoms with Crippen molar-refractivity contribution in [3.05, 3.63) is 0 Å². The predicted molar refractivity (Wildman–Crippen MR) is 48.1 cm³/mol. The molecule has 10 heavy (non-hydrogen) atoms. The first-order valence-corrected chi connectivity index (χ1v) is 4.54. The average Bonchev–Trinajstić information content (AvgIpc) is 1.82. The lowest BCUT2D eigenvalue weighted by atomic mass is 9.91. The Morgan fingerprint density at radius 3 is 1.60 bits per heavy atom. The molecule has 1 unspecified atom stereocenters. The van der Waals surface area contributed by atoms with Crippen LogP contribution in [0.1, 0.15) is 47.5 Å². The summed E-state index contributed by atoms with van der Waals surface area (Å²) < 4.78 is 0. The lowest BCUT2D eigenvalue weighted by Gasteiger charge is -2.15. The molecule has 0 bridgehead atoms. The molecule has 62 valence electrons. The second-order valence-electron chi connectivity index (χ2n) is 4.19. The first kappa shape index (κ1) is 10.0. The molecule has 0 saturated heterocycles. The molecule has 0 aromatic heterocycles. The SMILES string of the molecule is CC(C)CCC(C)C(C)C. The van der Waals surface area contributed by atoms with Crippen molar-refractivity contribution in [3.63, 3.8) is 0 Å². The Balaban J connectivity index is 3.30. The van der Waals surface area contributed by atoms with Crippen LogP contribution in [0.25, 0.3) is 0 Å². The molecule has 0 amide bonds. The van der Waals surface area contributed by atoms with Crippen molar-refractivity contribution < 1.29 is 0 Å². The van der Waals surface area contributed by atoms with E-state index < -0.39 is 0 Å². The molecule has 0 aliphatic carbocycles. The van der Waals surface area contributed by atoms with Gasteiger partial charge in [0.25, 0.3) is 0 Å². The van der Waals surface area contributed by atoms with E-state index in [0.717, 1.165) is 17.8 Å². The lowest BCUT2D eigenvalue weighted by molar-refractivity contribution is 0.358. The quantitative estimate of drug-likeness (QED) is 0.561. The Morgan fingerprint density at radius 2 is 1.30 bits per heavy atom. The van der Waals surface area contributed by atoms with Gasteiger partial charge in [-0.25, -0.2) is 0 Å². The highest BCUT2D eigenvalue weighted by molar-refractivity contribution is 4.58. The normalized spacial score (nSPS) is 14.7. The van der Waals surface area contributed by atoms with Crippen molar-refractivity contribution in [3.8, 4) is 0 Å². The third-order valence-corrected chi connectivity index (χ3v) is 2.34. The molecular weight excluding hydrogens is 120 g/mol. The number of rotatable bonds is 4. The summed E-state index contributed by atoms with van der Waals surface area (Å²) in [5.41, 5.74) is 0. The maximum absolute atomic E-state index is 2.35. The van der Waals surface area contributed by atoms with Crippen molar-refractivity contribution in [2.75, 3.05) is 0 Å². The van der Waals surface area contributed by atoms with E-state index in [9.17, 15) is 0 Å². The third-order valence-electron chi connectivity index (χ3n) is 2.34. The maximum Gasteiger partial charge on any atom is -0.0420 e. The van der Waals surface area contributed by atoms with Gasteiger partial charge in [0.05, 0.1) is 0 Å². The standard InChI is InChI=1S/C10H22/c1-8(2)6-7-10(5)9(3)4/h8-10H,6-7H2,1-5H3. The predicted octanol–water partition coefficient (Wildman–Crippen LogP) is 3.71. The van der Waals surface area contributed by atoms with Crippen LogP contribution in [0.4, 0.5) is 0 Å². The Labute approximate surface area is 66.0 Å². The van der Waals surface area contributed by atoms with Gasteiger partial charge < -0.3 is 0 Å². The molecule has 0 fully saturated rings. The van der Waals surface area contributed by atoms with Crippen molar-refractivity contribution in [2.45, 2.75) is 47.5 Å². The lowest BCUT2D eigenvalue weighted by Crippen LogP contribution is -2.04. The molecular formula is C10H22. The van der Waals surface area contributed by atoms with E-state index in [4.69, 9.17) is 0 Å². The van der Waals surface area contributed by atoms with E-state index in [-0.39, 0.29) is 0 Å². The molecule has 0 N–H and O–H groups in total. The highest BCUT2D eigenvalue weighted by atomic mass is 14.1. The molecule has 0 saturated carbocycles. The average molecular weight is 142 g/mol. The number of hydrogen-bond acceptors (Lipinski definition) is 0. The van der Waals surface area contributed by atoms with Crippen LogP contribution in [0.3, 0.4) is 0 Å². The third kappa shape index (κ3) is 4.84. The minimum atomic E-state index is 0.860. The fourth-order valence-corrected chi connectivity index (χ4v) is 0.930. The zero-order valence-corrected chi connectivity index (χ0v) is 8.15. The van der Waals surface area contributed by atoms with Gasteiger partial charge in [-0.3, -0.25) is 0 Å². The van der Waals surface area contributed by atoms with Gasteiger partial charge in [0.2, 0.25) is 0 Å². The summed E-state index contributed by atoms with van der Waals surface area (Å²) in [7, 11) is 0. The molecule has 0 aliphatic rings. The molecule has 0 heteroatoms. The van der Waals surface area contributed by atoms with E-state index in [1.165, 1.54) is 12.8 Å². The Bertz CT molecular complexity index is 72.1. The zero-order valence-electron chi connectivity index (χ0n) is 8.15. The van der Waals surface area contributed by atoms with Crippen LogP contribution in [0.15, 0.2) is 0 Å². The topological polar surface area (TPSA) is 0 Å². The molecule has 0 heterocycles.